The maximum atomic E-state index is 11.7. The summed E-state index contributed by atoms with van der Waals surface area (Å²) in [5, 5.41) is 8.48. The smallest absolute Gasteiger partial charge is 0.329 e. The molecule has 2 N–H and O–H groups in total. The van der Waals surface area contributed by atoms with Crippen LogP contribution < -0.4 is 4.72 Å². The number of hydrogen-bond acceptors (Lipinski definition) is 5. The van der Waals surface area contributed by atoms with Crippen LogP contribution in [0, 0.1) is 0 Å². The molecular weight excluding hydrogens is 264 g/mol. The Hall–Kier alpha value is -0.740. The normalized spacial score (nSPS) is 19.4. The fourth-order valence-electron chi connectivity index (χ4n) is 1.56. The van der Waals surface area contributed by atoms with Crippen LogP contribution in [0.2, 0.25) is 0 Å². The third-order valence-corrected chi connectivity index (χ3v) is 4.00. The lowest BCUT2D eigenvalue weighted by Crippen LogP contribution is -2.65. The largest absolute Gasteiger partial charge is 0.480 e. The lowest BCUT2D eigenvalue weighted by atomic mass is 10.0. The van der Waals surface area contributed by atoms with E-state index in [2.05, 4.69) is 4.72 Å². The van der Waals surface area contributed by atoms with Gasteiger partial charge in [-0.1, -0.05) is 0 Å². The highest BCUT2D eigenvalue weighted by Crippen LogP contribution is 2.26. The van der Waals surface area contributed by atoms with Crippen molar-refractivity contribution in [3.05, 3.63) is 0 Å². The molecule has 106 valence electrons. The number of rotatable bonds is 8. The zero-order valence-electron chi connectivity index (χ0n) is 10.4. The molecule has 0 saturated carbocycles. The number of carboxylic acids is 1. The maximum Gasteiger partial charge on any atom is 0.329 e. The van der Waals surface area contributed by atoms with Crippen molar-refractivity contribution in [1.29, 1.82) is 0 Å². The van der Waals surface area contributed by atoms with E-state index in [0.29, 0.717) is 6.61 Å². The number of hydrogen-bond donors (Lipinski definition) is 2. The SMILES string of the molecule is COCCNS(=O)(=O)N1CC(C)(OCC(=O)O)C1. The van der Waals surface area contributed by atoms with Crippen LogP contribution in [0.15, 0.2) is 0 Å². The Bertz CT molecular complexity index is 390. The molecule has 0 bridgehead atoms. The van der Waals surface area contributed by atoms with Crippen LogP contribution in [-0.4, -0.2) is 69.4 Å². The van der Waals surface area contributed by atoms with Crippen molar-refractivity contribution in [2.24, 2.45) is 0 Å². The van der Waals surface area contributed by atoms with Crippen LogP contribution in [0.4, 0.5) is 0 Å². The second kappa shape index (κ2) is 5.93. The molecule has 9 heteroatoms. The maximum absolute atomic E-state index is 11.7. The number of methoxy groups -OCH3 is 1. The first kappa shape index (κ1) is 15.3. The zero-order valence-corrected chi connectivity index (χ0v) is 11.2. The van der Waals surface area contributed by atoms with Crippen molar-refractivity contribution in [3.8, 4) is 0 Å². The molecule has 1 fully saturated rings. The van der Waals surface area contributed by atoms with Gasteiger partial charge in [-0.15, -0.1) is 0 Å². The molecule has 1 heterocycles. The Balaban J connectivity index is 2.38. The summed E-state index contributed by atoms with van der Waals surface area (Å²) in [7, 11) is -2.05. The highest BCUT2D eigenvalue weighted by molar-refractivity contribution is 7.87. The van der Waals surface area contributed by atoms with Gasteiger partial charge < -0.3 is 14.6 Å². The van der Waals surface area contributed by atoms with Gasteiger partial charge in [0.2, 0.25) is 0 Å². The number of carboxylic acid groups (broad SMARTS) is 1. The van der Waals surface area contributed by atoms with Crippen molar-refractivity contribution in [1.82, 2.24) is 9.03 Å². The average molecular weight is 282 g/mol. The molecule has 1 rings (SSSR count). The van der Waals surface area contributed by atoms with Crippen molar-refractivity contribution >= 4 is 16.2 Å². The molecule has 1 aliphatic heterocycles. The standard InChI is InChI=1S/C9H18N2O6S/c1-9(17-5-8(12)13)6-11(7-9)18(14,15)10-3-4-16-2/h10H,3-7H2,1-2H3,(H,12,13). The predicted octanol–water partition coefficient (Wildman–Crippen LogP) is -1.36. The number of carbonyl (C=O) groups is 1. The van der Waals surface area contributed by atoms with E-state index >= 15 is 0 Å². The Morgan fingerprint density at radius 2 is 2.11 bits per heavy atom. The van der Waals surface area contributed by atoms with Gasteiger partial charge in [0.1, 0.15) is 6.61 Å². The first-order chi connectivity index (χ1) is 8.29. The van der Waals surface area contributed by atoms with E-state index in [9.17, 15) is 13.2 Å². The van der Waals surface area contributed by atoms with E-state index in [1.54, 1.807) is 6.92 Å². The summed E-state index contributed by atoms with van der Waals surface area (Å²) in [5.41, 5.74) is -0.728. The van der Waals surface area contributed by atoms with Gasteiger partial charge >= 0.3 is 5.97 Å². The van der Waals surface area contributed by atoms with Crippen LogP contribution in [-0.2, 0) is 24.5 Å². The van der Waals surface area contributed by atoms with E-state index in [4.69, 9.17) is 14.6 Å². The van der Waals surface area contributed by atoms with Gasteiger partial charge in [0, 0.05) is 26.7 Å². The second-order valence-corrected chi connectivity index (χ2v) is 6.05. The van der Waals surface area contributed by atoms with Gasteiger partial charge in [-0.2, -0.15) is 17.4 Å². The van der Waals surface area contributed by atoms with E-state index in [0.717, 1.165) is 0 Å². The van der Waals surface area contributed by atoms with Crippen LogP contribution in [0.1, 0.15) is 6.92 Å². The first-order valence-corrected chi connectivity index (χ1v) is 6.82. The minimum absolute atomic E-state index is 0.141. The van der Waals surface area contributed by atoms with Gasteiger partial charge in [0.05, 0.1) is 12.2 Å². The van der Waals surface area contributed by atoms with Crippen LogP contribution in [0.5, 0.6) is 0 Å². The van der Waals surface area contributed by atoms with E-state index in [1.807, 2.05) is 0 Å². The molecule has 8 nitrogen and oxygen atoms in total. The average Bonchev–Trinajstić information content (AvgIpc) is 2.22. The fraction of sp³-hybridized carbons (Fsp3) is 0.889. The monoisotopic (exact) mass is 282 g/mol. The van der Waals surface area contributed by atoms with Crippen molar-refractivity contribution < 1.29 is 27.8 Å². The fourth-order valence-corrected chi connectivity index (χ4v) is 2.97. The molecule has 0 aromatic carbocycles. The number of nitrogens with one attached hydrogen (secondary N) is 1. The molecule has 0 atom stereocenters. The third kappa shape index (κ3) is 4.18. The molecule has 1 saturated heterocycles. The molecular formula is C9H18N2O6S. The Morgan fingerprint density at radius 3 is 2.61 bits per heavy atom. The summed E-state index contributed by atoms with van der Waals surface area (Å²) < 4.78 is 36.8. The summed E-state index contributed by atoms with van der Waals surface area (Å²) in [6.07, 6.45) is 0. The van der Waals surface area contributed by atoms with Crippen LogP contribution >= 0.6 is 0 Å². The van der Waals surface area contributed by atoms with Crippen molar-refractivity contribution in [2.75, 3.05) is 40.0 Å². The lowest BCUT2D eigenvalue weighted by Gasteiger charge is -2.45. The molecule has 0 amide bonds. The Morgan fingerprint density at radius 1 is 1.50 bits per heavy atom. The van der Waals surface area contributed by atoms with Crippen LogP contribution in [0.25, 0.3) is 0 Å². The summed E-state index contributed by atoms with van der Waals surface area (Å²) >= 11 is 0. The third-order valence-electron chi connectivity index (χ3n) is 2.50. The van der Waals surface area contributed by atoms with Gasteiger partial charge in [-0.25, -0.2) is 4.79 Å². The van der Waals surface area contributed by atoms with Crippen molar-refractivity contribution in [2.45, 2.75) is 12.5 Å². The molecule has 0 aromatic rings. The number of ether oxygens (including phenoxy) is 2. The Labute approximate surface area is 106 Å². The highest BCUT2D eigenvalue weighted by Gasteiger charge is 2.45. The van der Waals surface area contributed by atoms with E-state index in [1.165, 1.54) is 11.4 Å². The van der Waals surface area contributed by atoms with E-state index < -0.39 is 28.4 Å². The van der Waals surface area contributed by atoms with Crippen LogP contribution in [0.3, 0.4) is 0 Å². The minimum atomic E-state index is -3.53. The van der Waals surface area contributed by atoms with Gasteiger partial charge in [-0.3, -0.25) is 0 Å². The molecule has 0 aromatic heterocycles. The molecule has 0 unspecified atom stereocenters. The molecule has 18 heavy (non-hydrogen) atoms. The summed E-state index contributed by atoms with van der Waals surface area (Å²) in [6.45, 7) is 2.02. The van der Waals surface area contributed by atoms with E-state index in [-0.39, 0.29) is 19.6 Å². The summed E-state index contributed by atoms with van der Waals surface area (Å²) in [4.78, 5) is 10.4. The molecule has 1 aliphatic rings. The minimum Gasteiger partial charge on any atom is -0.480 e. The Kier molecular flexibility index (Phi) is 5.05. The molecule has 0 spiro atoms. The zero-order chi connectivity index (χ0) is 13.8. The highest BCUT2D eigenvalue weighted by atomic mass is 32.2. The van der Waals surface area contributed by atoms with Gasteiger partial charge in [0.15, 0.2) is 0 Å². The molecule has 0 aliphatic carbocycles. The predicted molar refractivity (Wildman–Crippen MR) is 62.4 cm³/mol. The first-order valence-electron chi connectivity index (χ1n) is 5.38. The lowest BCUT2D eigenvalue weighted by molar-refractivity contribution is -0.157. The molecule has 0 radical (unpaired) electrons. The number of nitrogens with zero attached hydrogens (tertiary/aromatic N) is 1. The van der Waals surface area contributed by atoms with Crippen molar-refractivity contribution in [3.63, 3.8) is 0 Å². The quantitative estimate of drug-likeness (QED) is 0.533. The number of aliphatic carboxylic acids is 1. The van der Waals surface area contributed by atoms with Gasteiger partial charge in [0.25, 0.3) is 10.2 Å². The second-order valence-electron chi connectivity index (χ2n) is 4.29. The summed E-state index contributed by atoms with van der Waals surface area (Å²) in [5.74, 6) is -1.07. The summed E-state index contributed by atoms with van der Waals surface area (Å²) in [6, 6.07) is 0. The van der Waals surface area contributed by atoms with Gasteiger partial charge in [-0.05, 0) is 6.92 Å². The topological polar surface area (TPSA) is 105 Å².